The number of aliphatic imine (C=N–C) groups is 1. The number of guanidine groups is 1. The molecule has 0 aliphatic carbocycles. The van der Waals surface area contributed by atoms with E-state index in [0.29, 0.717) is 12.2 Å². The van der Waals surface area contributed by atoms with E-state index >= 15 is 0 Å². The number of carbonyl (C=O) groups is 2. The van der Waals surface area contributed by atoms with E-state index in [9.17, 15) is 14.7 Å². The SMILES string of the molecule is NC(N)=NCCC[C@@H](NC(=O)c1ccc(-c2csc3ccccc23)o1)C(=O)O. The lowest BCUT2D eigenvalue weighted by Crippen LogP contribution is -2.40. The maximum atomic E-state index is 12.4. The molecule has 0 unspecified atom stereocenters. The van der Waals surface area contributed by atoms with Gasteiger partial charge in [0, 0.05) is 27.6 Å². The van der Waals surface area contributed by atoms with E-state index in [-0.39, 0.29) is 24.7 Å². The van der Waals surface area contributed by atoms with Crippen molar-refractivity contribution in [2.45, 2.75) is 18.9 Å². The summed E-state index contributed by atoms with van der Waals surface area (Å²) in [5.41, 5.74) is 11.4. The van der Waals surface area contributed by atoms with Crippen LogP contribution >= 0.6 is 11.3 Å². The minimum Gasteiger partial charge on any atom is -0.480 e. The topological polar surface area (TPSA) is 144 Å². The summed E-state index contributed by atoms with van der Waals surface area (Å²) in [6, 6.07) is 10.1. The van der Waals surface area contributed by atoms with Crippen LogP contribution in [0.15, 0.2) is 51.2 Å². The number of benzene rings is 1. The first kappa shape index (κ1) is 19.4. The zero-order valence-electron chi connectivity index (χ0n) is 14.9. The highest BCUT2D eigenvalue weighted by molar-refractivity contribution is 7.17. The van der Waals surface area contributed by atoms with Gasteiger partial charge >= 0.3 is 5.97 Å². The molecule has 146 valence electrons. The molecule has 8 nitrogen and oxygen atoms in total. The lowest BCUT2D eigenvalue weighted by atomic mass is 10.1. The molecule has 2 aromatic heterocycles. The Morgan fingerprint density at radius 1 is 1.21 bits per heavy atom. The van der Waals surface area contributed by atoms with Crippen molar-refractivity contribution in [3.8, 4) is 11.3 Å². The monoisotopic (exact) mass is 400 g/mol. The van der Waals surface area contributed by atoms with Gasteiger partial charge in [0.2, 0.25) is 0 Å². The number of carboxylic acids is 1. The Morgan fingerprint density at radius 2 is 2.00 bits per heavy atom. The molecule has 0 fully saturated rings. The summed E-state index contributed by atoms with van der Waals surface area (Å²) < 4.78 is 6.80. The molecule has 0 radical (unpaired) electrons. The Morgan fingerprint density at radius 3 is 2.75 bits per heavy atom. The second kappa shape index (κ2) is 8.57. The molecule has 1 aromatic carbocycles. The fraction of sp³-hybridized carbons (Fsp3) is 0.211. The number of fused-ring (bicyclic) bond motifs is 1. The van der Waals surface area contributed by atoms with Crippen LogP contribution in [-0.2, 0) is 4.79 Å². The summed E-state index contributed by atoms with van der Waals surface area (Å²) in [6.07, 6.45) is 0.611. The molecule has 0 bridgehead atoms. The van der Waals surface area contributed by atoms with Crippen molar-refractivity contribution in [1.29, 1.82) is 0 Å². The Hall–Kier alpha value is -3.33. The van der Waals surface area contributed by atoms with E-state index in [4.69, 9.17) is 15.9 Å². The molecular weight excluding hydrogens is 380 g/mol. The zero-order valence-corrected chi connectivity index (χ0v) is 15.7. The van der Waals surface area contributed by atoms with Crippen LogP contribution in [0.5, 0.6) is 0 Å². The first-order valence-corrected chi connectivity index (χ1v) is 9.49. The highest BCUT2D eigenvalue weighted by Gasteiger charge is 2.22. The largest absolute Gasteiger partial charge is 0.480 e. The second-order valence-electron chi connectivity index (χ2n) is 6.12. The third kappa shape index (κ3) is 4.49. The van der Waals surface area contributed by atoms with Crippen molar-refractivity contribution in [3.05, 3.63) is 47.5 Å². The highest BCUT2D eigenvalue weighted by atomic mass is 32.1. The van der Waals surface area contributed by atoms with Crippen LogP contribution in [-0.4, -0.2) is 35.5 Å². The number of hydrogen-bond donors (Lipinski definition) is 4. The van der Waals surface area contributed by atoms with Crippen LogP contribution in [0.4, 0.5) is 0 Å². The van der Waals surface area contributed by atoms with E-state index in [2.05, 4.69) is 10.3 Å². The molecule has 1 amide bonds. The van der Waals surface area contributed by atoms with E-state index in [0.717, 1.165) is 15.6 Å². The third-order valence-corrected chi connectivity index (χ3v) is 5.09. The molecule has 9 heteroatoms. The van der Waals surface area contributed by atoms with Gasteiger partial charge in [-0.1, -0.05) is 18.2 Å². The van der Waals surface area contributed by atoms with E-state index in [1.54, 1.807) is 17.4 Å². The minimum atomic E-state index is -1.13. The molecule has 0 saturated heterocycles. The number of hydrogen-bond acceptors (Lipinski definition) is 5. The quantitative estimate of drug-likeness (QED) is 0.260. The predicted octanol–water partition coefficient (Wildman–Crippen LogP) is 2.40. The van der Waals surface area contributed by atoms with Gasteiger partial charge < -0.3 is 26.3 Å². The van der Waals surface area contributed by atoms with Crippen LogP contribution in [0, 0.1) is 0 Å². The fourth-order valence-electron chi connectivity index (χ4n) is 2.76. The van der Waals surface area contributed by atoms with Crippen molar-refractivity contribution in [2.24, 2.45) is 16.5 Å². The summed E-state index contributed by atoms with van der Waals surface area (Å²) in [4.78, 5) is 27.6. The average Bonchev–Trinajstić information content (AvgIpc) is 3.30. The lowest BCUT2D eigenvalue weighted by Gasteiger charge is -2.12. The number of thiophene rings is 1. The maximum absolute atomic E-state index is 12.4. The van der Waals surface area contributed by atoms with E-state index in [1.807, 2.05) is 29.6 Å². The third-order valence-electron chi connectivity index (χ3n) is 4.12. The first-order valence-electron chi connectivity index (χ1n) is 8.61. The van der Waals surface area contributed by atoms with Gasteiger partial charge in [-0.05, 0) is 31.0 Å². The van der Waals surface area contributed by atoms with E-state index in [1.165, 1.54) is 6.07 Å². The molecule has 6 N–H and O–H groups in total. The molecule has 3 rings (SSSR count). The summed E-state index contributed by atoms with van der Waals surface area (Å²) in [5, 5.41) is 14.8. The average molecular weight is 400 g/mol. The summed E-state index contributed by atoms with van der Waals surface area (Å²) >= 11 is 1.59. The number of nitrogens with two attached hydrogens (primary N) is 2. The Bertz CT molecular complexity index is 1020. The molecule has 1 atom stereocenters. The standard InChI is InChI=1S/C19H20N4O4S/c20-19(21)22-9-3-5-13(18(25)26)23-17(24)15-8-7-14(27-15)12-10-28-16-6-2-1-4-11(12)16/h1-2,4,6-8,10,13H,3,5,9H2,(H,23,24)(H,25,26)(H4,20,21,22)/t13-/m1/s1. The van der Waals surface area contributed by atoms with Gasteiger partial charge in [-0.3, -0.25) is 9.79 Å². The predicted molar refractivity (Wildman–Crippen MR) is 108 cm³/mol. The Labute approximate surface area is 164 Å². The first-order chi connectivity index (χ1) is 13.5. The van der Waals surface area contributed by atoms with Gasteiger partial charge in [0.1, 0.15) is 11.8 Å². The molecule has 0 aliphatic heterocycles. The molecule has 3 aromatic rings. The van der Waals surface area contributed by atoms with Crippen molar-refractivity contribution in [3.63, 3.8) is 0 Å². The normalized spacial score (nSPS) is 11.9. The number of carboxylic acid groups (broad SMARTS) is 1. The van der Waals surface area contributed by atoms with Crippen molar-refractivity contribution in [2.75, 3.05) is 6.54 Å². The van der Waals surface area contributed by atoms with Crippen molar-refractivity contribution < 1.29 is 19.1 Å². The smallest absolute Gasteiger partial charge is 0.326 e. The molecule has 0 aliphatic rings. The van der Waals surface area contributed by atoms with Gasteiger partial charge in [-0.2, -0.15) is 0 Å². The Kier molecular flexibility index (Phi) is 5.95. The van der Waals surface area contributed by atoms with Gasteiger partial charge in [0.15, 0.2) is 11.7 Å². The zero-order chi connectivity index (χ0) is 20.1. The van der Waals surface area contributed by atoms with Gasteiger partial charge in [-0.25, -0.2) is 4.79 Å². The molecular formula is C19H20N4O4S. The minimum absolute atomic E-state index is 0.0556. The van der Waals surface area contributed by atoms with Crippen LogP contribution in [0.3, 0.4) is 0 Å². The number of rotatable bonds is 8. The number of amides is 1. The van der Waals surface area contributed by atoms with Gasteiger partial charge in [0.05, 0.1) is 0 Å². The van der Waals surface area contributed by atoms with Gasteiger partial charge in [0.25, 0.3) is 5.91 Å². The second-order valence-corrected chi connectivity index (χ2v) is 7.03. The van der Waals surface area contributed by atoms with Gasteiger partial charge in [-0.15, -0.1) is 11.3 Å². The van der Waals surface area contributed by atoms with Crippen LogP contribution in [0.1, 0.15) is 23.4 Å². The van der Waals surface area contributed by atoms with E-state index < -0.39 is 17.9 Å². The Balaban J connectivity index is 1.69. The molecule has 2 heterocycles. The number of carbonyl (C=O) groups excluding carboxylic acids is 1. The molecule has 0 saturated carbocycles. The summed E-state index contributed by atoms with van der Waals surface area (Å²) in [6.45, 7) is 0.290. The van der Waals surface area contributed by atoms with Crippen LogP contribution < -0.4 is 16.8 Å². The van der Waals surface area contributed by atoms with Crippen LogP contribution in [0.2, 0.25) is 0 Å². The summed E-state index contributed by atoms with van der Waals surface area (Å²) in [7, 11) is 0. The maximum Gasteiger partial charge on any atom is 0.326 e. The number of nitrogens with one attached hydrogen (secondary N) is 1. The fourth-order valence-corrected chi connectivity index (χ4v) is 3.71. The molecule has 0 spiro atoms. The number of furan rings is 1. The number of nitrogens with zero attached hydrogens (tertiary/aromatic N) is 1. The van der Waals surface area contributed by atoms with Crippen LogP contribution in [0.25, 0.3) is 21.4 Å². The molecule has 28 heavy (non-hydrogen) atoms. The summed E-state index contributed by atoms with van der Waals surface area (Å²) in [5.74, 6) is -1.16. The number of aliphatic carboxylic acids is 1. The lowest BCUT2D eigenvalue weighted by molar-refractivity contribution is -0.139. The van der Waals surface area contributed by atoms with Crippen molar-refractivity contribution in [1.82, 2.24) is 5.32 Å². The highest BCUT2D eigenvalue weighted by Crippen LogP contribution is 2.34. The van der Waals surface area contributed by atoms with Crippen molar-refractivity contribution >= 4 is 39.3 Å².